The summed E-state index contributed by atoms with van der Waals surface area (Å²) >= 11 is 4.82. The van der Waals surface area contributed by atoms with Crippen LogP contribution < -0.4 is 5.32 Å². The number of methoxy groups -OCH3 is 1. The molecule has 3 rings (SSSR count). The fraction of sp³-hybridized carbons (Fsp3) is 0.0952. The Balaban J connectivity index is 1.85. The van der Waals surface area contributed by atoms with E-state index in [9.17, 15) is 9.59 Å². The molecule has 0 spiro atoms. The Morgan fingerprint density at radius 1 is 1.11 bits per heavy atom. The zero-order valence-corrected chi connectivity index (χ0v) is 17.6. The van der Waals surface area contributed by atoms with Gasteiger partial charge in [-0.2, -0.15) is 0 Å². The lowest BCUT2D eigenvalue weighted by atomic mass is 10.1. The van der Waals surface area contributed by atoms with Crippen molar-refractivity contribution < 1.29 is 14.3 Å². The van der Waals surface area contributed by atoms with Crippen LogP contribution in [-0.2, 0) is 4.74 Å². The lowest BCUT2D eigenvalue weighted by Gasteiger charge is -2.12. The number of hydrogen-bond donors (Lipinski definition) is 1. The van der Waals surface area contributed by atoms with Crippen LogP contribution in [0.15, 0.2) is 75.2 Å². The van der Waals surface area contributed by atoms with Crippen LogP contribution in [-0.4, -0.2) is 24.0 Å². The first-order valence-corrected chi connectivity index (χ1v) is 9.97. The van der Waals surface area contributed by atoms with Crippen LogP contribution in [0.2, 0.25) is 0 Å². The van der Waals surface area contributed by atoms with Crippen LogP contribution >= 0.6 is 27.7 Å². The lowest BCUT2D eigenvalue weighted by molar-refractivity contribution is 0.0600. The molecule has 0 bridgehead atoms. The van der Waals surface area contributed by atoms with Crippen molar-refractivity contribution in [2.75, 3.05) is 12.4 Å². The van der Waals surface area contributed by atoms with Crippen molar-refractivity contribution in [3.05, 3.63) is 82.0 Å². The lowest BCUT2D eigenvalue weighted by Crippen LogP contribution is -2.15. The van der Waals surface area contributed by atoms with Crippen LogP contribution in [0.1, 0.15) is 26.3 Å². The van der Waals surface area contributed by atoms with Crippen molar-refractivity contribution in [3.63, 3.8) is 0 Å². The van der Waals surface area contributed by atoms with Crippen LogP contribution in [0.4, 0.5) is 5.69 Å². The number of anilines is 1. The van der Waals surface area contributed by atoms with Crippen LogP contribution in [0.5, 0.6) is 0 Å². The van der Waals surface area contributed by atoms with E-state index in [0.717, 1.165) is 14.9 Å². The normalized spacial score (nSPS) is 10.4. The van der Waals surface area contributed by atoms with Gasteiger partial charge in [0.25, 0.3) is 5.91 Å². The molecular weight excluding hydrogens is 440 g/mol. The van der Waals surface area contributed by atoms with E-state index < -0.39 is 5.97 Å². The van der Waals surface area contributed by atoms with E-state index in [-0.39, 0.29) is 5.91 Å². The molecule has 0 radical (unpaired) electrons. The fourth-order valence-electron chi connectivity index (χ4n) is 2.45. The summed E-state index contributed by atoms with van der Waals surface area (Å²) in [4.78, 5) is 30.0. The molecule has 1 heterocycles. The number of esters is 1. The number of aromatic nitrogens is 1. The number of amides is 1. The number of carbonyl (C=O) groups is 2. The molecule has 142 valence electrons. The molecule has 0 aliphatic rings. The maximum Gasteiger partial charge on any atom is 0.337 e. The monoisotopic (exact) mass is 456 g/mol. The smallest absolute Gasteiger partial charge is 0.337 e. The number of halogens is 1. The third kappa shape index (κ3) is 4.79. The zero-order valence-electron chi connectivity index (χ0n) is 15.2. The molecule has 0 atom stereocenters. The molecule has 28 heavy (non-hydrogen) atoms. The molecule has 0 saturated heterocycles. The number of rotatable bonds is 5. The summed E-state index contributed by atoms with van der Waals surface area (Å²) in [6, 6.07) is 16.3. The first-order chi connectivity index (χ1) is 13.5. The Morgan fingerprint density at radius 2 is 1.86 bits per heavy atom. The van der Waals surface area contributed by atoms with Gasteiger partial charge in [0.1, 0.15) is 5.03 Å². The summed E-state index contributed by atoms with van der Waals surface area (Å²) in [5, 5.41) is 3.47. The number of benzene rings is 2. The Labute approximate surface area is 175 Å². The Hall–Kier alpha value is -2.64. The van der Waals surface area contributed by atoms with Crippen molar-refractivity contribution in [1.82, 2.24) is 4.98 Å². The van der Waals surface area contributed by atoms with E-state index in [2.05, 4.69) is 26.2 Å². The van der Waals surface area contributed by atoms with Crippen molar-refractivity contribution >= 4 is 45.3 Å². The van der Waals surface area contributed by atoms with Gasteiger partial charge in [0.15, 0.2) is 0 Å². The van der Waals surface area contributed by atoms with Gasteiger partial charge in [0, 0.05) is 21.3 Å². The van der Waals surface area contributed by atoms with E-state index in [0.29, 0.717) is 21.8 Å². The summed E-state index contributed by atoms with van der Waals surface area (Å²) in [5.41, 5.74) is 2.22. The highest BCUT2D eigenvalue weighted by Gasteiger charge is 2.16. The van der Waals surface area contributed by atoms with Gasteiger partial charge in [-0.3, -0.25) is 4.79 Å². The number of nitrogens with one attached hydrogen (secondary N) is 1. The van der Waals surface area contributed by atoms with Gasteiger partial charge < -0.3 is 10.1 Å². The highest BCUT2D eigenvalue weighted by Crippen LogP contribution is 2.30. The maximum atomic E-state index is 12.9. The molecular formula is C21H17BrN2O3S. The Morgan fingerprint density at radius 3 is 2.57 bits per heavy atom. The molecule has 1 N–H and O–H groups in total. The maximum absolute atomic E-state index is 12.9. The zero-order chi connectivity index (χ0) is 20.1. The van der Waals surface area contributed by atoms with E-state index in [1.807, 2.05) is 31.2 Å². The Kier molecular flexibility index (Phi) is 6.49. The second kappa shape index (κ2) is 9.03. The standard InChI is InChI=1S/C21H17BrN2O3S/c1-13-5-6-14(21(26)27-2)12-18(13)24-19(25)17-4-3-11-23-20(17)28-16-9-7-15(22)8-10-16/h3-12H,1-2H3,(H,24,25). The molecule has 0 unspecified atom stereocenters. The third-order valence-corrected chi connectivity index (χ3v) is 5.51. The van der Waals surface area contributed by atoms with Crippen molar-refractivity contribution in [2.24, 2.45) is 0 Å². The van der Waals surface area contributed by atoms with Crippen LogP contribution in [0.25, 0.3) is 0 Å². The Bertz CT molecular complexity index is 1020. The SMILES string of the molecule is COC(=O)c1ccc(C)c(NC(=O)c2cccnc2Sc2ccc(Br)cc2)c1. The predicted octanol–water partition coefficient (Wildman–Crippen LogP) is 5.34. The summed E-state index contributed by atoms with van der Waals surface area (Å²) in [7, 11) is 1.32. The molecule has 0 saturated carbocycles. The van der Waals surface area contributed by atoms with Crippen molar-refractivity contribution in [3.8, 4) is 0 Å². The molecule has 1 amide bonds. The summed E-state index contributed by atoms with van der Waals surface area (Å²) in [6.07, 6.45) is 1.65. The number of carbonyl (C=O) groups excluding carboxylic acids is 2. The molecule has 5 nitrogen and oxygen atoms in total. The van der Waals surface area contributed by atoms with Gasteiger partial charge in [-0.15, -0.1) is 0 Å². The predicted molar refractivity (Wildman–Crippen MR) is 113 cm³/mol. The van der Waals surface area contributed by atoms with E-state index in [1.54, 1.807) is 36.5 Å². The first kappa shape index (κ1) is 20.1. The first-order valence-electron chi connectivity index (χ1n) is 8.36. The van der Waals surface area contributed by atoms with Gasteiger partial charge in [0.05, 0.1) is 18.2 Å². The number of pyridine rings is 1. The molecule has 0 aliphatic heterocycles. The van der Waals surface area contributed by atoms with Gasteiger partial charge in [-0.1, -0.05) is 33.8 Å². The van der Waals surface area contributed by atoms with Crippen LogP contribution in [0, 0.1) is 6.92 Å². The van der Waals surface area contributed by atoms with Crippen LogP contribution in [0.3, 0.4) is 0 Å². The highest BCUT2D eigenvalue weighted by molar-refractivity contribution is 9.10. The summed E-state index contributed by atoms with van der Waals surface area (Å²) in [5.74, 6) is -0.749. The number of aryl methyl sites for hydroxylation is 1. The number of hydrogen-bond acceptors (Lipinski definition) is 5. The summed E-state index contributed by atoms with van der Waals surface area (Å²) in [6.45, 7) is 1.86. The van der Waals surface area contributed by atoms with E-state index >= 15 is 0 Å². The second-order valence-electron chi connectivity index (χ2n) is 5.89. The largest absolute Gasteiger partial charge is 0.465 e. The average molecular weight is 457 g/mol. The highest BCUT2D eigenvalue weighted by atomic mass is 79.9. The van der Waals surface area contributed by atoms with Crippen molar-refractivity contribution in [1.29, 1.82) is 0 Å². The minimum atomic E-state index is -0.455. The van der Waals surface area contributed by atoms with Gasteiger partial charge >= 0.3 is 5.97 Å². The van der Waals surface area contributed by atoms with E-state index in [1.165, 1.54) is 18.9 Å². The van der Waals surface area contributed by atoms with E-state index in [4.69, 9.17) is 4.74 Å². The third-order valence-electron chi connectivity index (χ3n) is 3.95. The second-order valence-corrected chi connectivity index (χ2v) is 7.87. The molecule has 0 fully saturated rings. The minimum Gasteiger partial charge on any atom is -0.465 e. The average Bonchev–Trinajstić information content (AvgIpc) is 2.71. The number of nitrogens with zero attached hydrogens (tertiary/aromatic N) is 1. The molecule has 0 aliphatic carbocycles. The van der Waals surface area contributed by atoms with Crippen molar-refractivity contribution in [2.45, 2.75) is 16.8 Å². The topological polar surface area (TPSA) is 68.3 Å². The summed E-state index contributed by atoms with van der Waals surface area (Å²) < 4.78 is 5.73. The number of ether oxygens (including phenoxy) is 1. The molecule has 7 heteroatoms. The quantitative estimate of drug-likeness (QED) is 0.524. The minimum absolute atomic E-state index is 0.294. The van der Waals surface area contributed by atoms with Gasteiger partial charge in [-0.25, -0.2) is 9.78 Å². The molecule has 1 aromatic heterocycles. The van der Waals surface area contributed by atoms with Gasteiger partial charge in [0.2, 0.25) is 0 Å². The molecule has 3 aromatic rings. The molecule has 2 aromatic carbocycles. The fourth-order valence-corrected chi connectivity index (χ4v) is 3.59. The van der Waals surface area contributed by atoms with Gasteiger partial charge in [-0.05, 0) is 61.0 Å².